The fourth-order valence-corrected chi connectivity index (χ4v) is 1.88. The van der Waals surface area contributed by atoms with Crippen LogP contribution in [-0.2, 0) is 0 Å². The highest BCUT2D eigenvalue weighted by Crippen LogP contribution is 2.26. The third kappa shape index (κ3) is 2.27. The topological polar surface area (TPSA) is 29.1 Å². The van der Waals surface area contributed by atoms with Crippen LogP contribution in [0.15, 0.2) is 18.2 Å². The van der Waals surface area contributed by atoms with Crippen molar-refractivity contribution in [3.63, 3.8) is 0 Å². The summed E-state index contributed by atoms with van der Waals surface area (Å²) >= 11 is 11.8. The van der Waals surface area contributed by atoms with Gasteiger partial charge >= 0.3 is 0 Å². The first-order valence-electron chi connectivity index (χ1n) is 4.93. The van der Waals surface area contributed by atoms with Crippen LogP contribution in [0, 0.1) is 0 Å². The summed E-state index contributed by atoms with van der Waals surface area (Å²) in [6, 6.07) is 5.39. The van der Waals surface area contributed by atoms with Crippen LogP contribution in [0.2, 0.25) is 10.0 Å². The normalized spacial score (nSPS) is 15.9. The Hall–Kier alpha value is -0.730. The molecule has 2 rings (SSSR count). The fraction of sp³-hybridized carbons (Fsp3) is 0.364. The number of carbonyl (C=O) groups is 1. The highest BCUT2D eigenvalue weighted by atomic mass is 35.5. The molecule has 0 unspecified atom stereocenters. The molecule has 0 aromatic heterocycles. The highest BCUT2D eigenvalue weighted by molar-refractivity contribution is 6.43. The lowest BCUT2D eigenvalue weighted by molar-refractivity contribution is 0.0917. The van der Waals surface area contributed by atoms with Crippen LogP contribution in [0.5, 0.6) is 0 Å². The van der Waals surface area contributed by atoms with Crippen molar-refractivity contribution in [3.05, 3.63) is 33.8 Å². The van der Waals surface area contributed by atoms with Gasteiger partial charge in [0.25, 0.3) is 5.91 Å². The van der Waals surface area contributed by atoms with Crippen LogP contribution >= 0.6 is 23.2 Å². The van der Waals surface area contributed by atoms with E-state index in [9.17, 15) is 4.79 Å². The fourth-order valence-electron chi connectivity index (χ4n) is 1.49. The van der Waals surface area contributed by atoms with E-state index in [4.69, 9.17) is 23.2 Å². The van der Waals surface area contributed by atoms with E-state index in [1.807, 2.05) is 0 Å². The van der Waals surface area contributed by atoms with Crippen molar-refractivity contribution in [2.45, 2.75) is 25.3 Å². The largest absolute Gasteiger partial charge is 0.349 e. The van der Waals surface area contributed by atoms with Crippen molar-refractivity contribution in [3.8, 4) is 0 Å². The predicted octanol–water partition coefficient (Wildman–Crippen LogP) is 3.28. The third-order valence-electron chi connectivity index (χ3n) is 2.64. The standard InChI is InChI=1S/C11H11Cl2NO/c12-9-6-2-5-8(10(9)13)11(15)14-7-3-1-4-7/h2,5-7H,1,3-4H2,(H,14,15). The van der Waals surface area contributed by atoms with Gasteiger partial charge < -0.3 is 5.32 Å². The lowest BCUT2D eigenvalue weighted by Gasteiger charge is -2.26. The minimum absolute atomic E-state index is 0.132. The number of carbonyl (C=O) groups excluding carboxylic acids is 1. The van der Waals surface area contributed by atoms with E-state index in [1.165, 1.54) is 6.42 Å². The van der Waals surface area contributed by atoms with E-state index in [-0.39, 0.29) is 5.91 Å². The van der Waals surface area contributed by atoms with Gasteiger partial charge in [-0.25, -0.2) is 0 Å². The molecule has 2 nitrogen and oxygen atoms in total. The minimum Gasteiger partial charge on any atom is -0.349 e. The molecule has 0 spiro atoms. The molecule has 1 saturated carbocycles. The summed E-state index contributed by atoms with van der Waals surface area (Å²) in [4.78, 5) is 11.8. The molecular formula is C11H11Cl2NO. The van der Waals surface area contributed by atoms with Crippen molar-refractivity contribution in [1.29, 1.82) is 0 Å². The zero-order valence-corrected chi connectivity index (χ0v) is 9.61. The number of halogens is 2. The molecule has 1 fully saturated rings. The summed E-state index contributed by atoms with van der Waals surface area (Å²) < 4.78 is 0. The Kier molecular flexibility index (Phi) is 3.17. The number of hydrogen-bond acceptors (Lipinski definition) is 1. The van der Waals surface area contributed by atoms with Gasteiger partial charge in [0.1, 0.15) is 0 Å². The SMILES string of the molecule is O=C(NC1CCC1)c1cccc(Cl)c1Cl. The Morgan fingerprint density at radius 3 is 2.67 bits per heavy atom. The summed E-state index contributed by atoms with van der Waals surface area (Å²) in [6.45, 7) is 0. The Balaban J connectivity index is 2.13. The second-order valence-electron chi connectivity index (χ2n) is 3.70. The summed E-state index contributed by atoms with van der Waals surface area (Å²) in [5.74, 6) is -0.132. The summed E-state index contributed by atoms with van der Waals surface area (Å²) in [7, 11) is 0. The Morgan fingerprint density at radius 1 is 1.33 bits per heavy atom. The molecule has 0 bridgehead atoms. The van der Waals surface area contributed by atoms with Gasteiger partial charge in [0.2, 0.25) is 0 Å². The quantitative estimate of drug-likeness (QED) is 0.849. The maximum atomic E-state index is 11.8. The zero-order valence-electron chi connectivity index (χ0n) is 8.09. The Labute approximate surface area is 98.6 Å². The van der Waals surface area contributed by atoms with Crippen molar-refractivity contribution in [1.82, 2.24) is 5.32 Å². The Morgan fingerprint density at radius 2 is 2.07 bits per heavy atom. The lowest BCUT2D eigenvalue weighted by atomic mass is 9.93. The molecular weight excluding hydrogens is 233 g/mol. The zero-order chi connectivity index (χ0) is 10.8. The molecule has 0 heterocycles. The maximum absolute atomic E-state index is 11.8. The van der Waals surface area contributed by atoms with E-state index in [1.54, 1.807) is 18.2 Å². The lowest BCUT2D eigenvalue weighted by Crippen LogP contribution is -2.39. The number of benzene rings is 1. The smallest absolute Gasteiger partial charge is 0.253 e. The number of amides is 1. The van der Waals surface area contributed by atoms with Gasteiger partial charge in [-0.15, -0.1) is 0 Å². The van der Waals surface area contributed by atoms with Crippen LogP contribution in [-0.4, -0.2) is 11.9 Å². The molecule has 1 N–H and O–H groups in total. The Bertz CT molecular complexity index is 388. The molecule has 15 heavy (non-hydrogen) atoms. The van der Waals surface area contributed by atoms with Crippen molar-refractivity contribution in [2.75, 3.05) is 0 Å². The third-order valence-corrected chi connectivity index (χ3v) is 3.46. The van der Waals surface area contributed by atoms with E-state index in [0.717, 1.165) is 12.8 Å². The molecule has 1 aliphatic carbocycles. The van der Waals surface area contributed by atoms with Gasteiger partial charge in [0, 0.05) is 6.04 Å². The van der Waals surface area contributed by atoms with Crippen molar-refractivity contribution >= 4 is 29.1 Å². The van der Waals surface area contributed by atoms with Gasteiger partial charge in [0.05, 0.1) is 15.6 Å². The predicted molar refractivity (Wildman–Crippen MR) is 61.6 cm³/mol. The molecule has 4 heteroatoms. The highest BCUT2D eigenvalue weighted by Gasteiger charge is 2.21. The number of nitrogens with one attached hydrogen (secondary N) is 1. The van der Waals surface area contributed by atoms with Crippen molar-refractivity contribution in [2.24, 2.45) is 0 Å². The van der Waals surface area contributed by atoms with E-state index in [2.05, 4.69) is 5.32 Å². The molecule has 1 aliphatic rings. The average Bonchev–Trinajstić information content (AvgIpc) is 2.15. The summed E-state index contributed by atoms with van der Waals surface area (Å²) in [6.07, 6.45) is 3.31. The summed E-state index contributed by atoms with van der Waals surface area (Å²) in [5.41, 5.74) is 0.455. The first-order valence-corrected chi connectivity index (χ1v) is 5.69. The molecule has 1 aromatic carbocycles. The molecule has 0 saturated heterocycles. The number of hydrogen-bond donors (Lipinski definition) is 1. The van der Waals surface area contributed by atoms with Crippen LogP contribution < -0.4 is 5.32 Å². The van der Waals surface area contributed by atoms with Gasteiger partial charge in [0.15, 0.2) is 0 Å². The van der Waals surface area contributed by atoms with Crippen LogP contribution in [0.3, 0.4) is 0 Å². The monoisotopic (exact) mass is 243 g/mol. The molecule has 80 valence electrons. The van der Waals surface area contributed by atoms with Gasteiger partial charge in [-0.05, 0) is 31.4 Å². The molecule has 1 amide bonds. The first kappa shape index (κ1) is 10.8. The van der Waals surface area contributed by atoms with Crippen LogP contribution in [0.1, 0.15) is 29.6 Å². The second-order valence-corrected chi connectivity index (χ2v) is 4.49. The van der Waals surface area contributed by atoms with Gasteiger partial charge in [-0.1, -0.05) is 29.3 Å². The average molecular weight is 244 g/mol. The summed E-state index contributed by atoms with van der Waals surface area (Å²) in [5, 5.41) is 3.66. The maximum Gasteiger partial charge on any atom is 0.253 e. The molecule has 0 radical (unpaired) electrons. The molecule has 1 aromatic rings. The van der Waals surface area contributed by atoms with E-state index in [0.29, 0.717) is 21.7 Å². The molecule has 0 atom stereocenters. The van der Waals surface area contributed by atoms with Crippen LogP contribution in [0.25, 0.3) is 0 Å². The second kappa shape index (κ2) is 4.42. The van der Waals surface area contributed by atoms with Gasteiger partial charge in [-0.2, -0.15) is 0 Å². The first-order chi connectivity index (χ1) is 7.18. The minimum atomic E-state index is -0.132. The van der Waals surface area contributed by atoms with E-state index < -0.39 is 0 Å². The molecule has 0 aliphatic heterocycles. The van der Waals surface area contributed by atoms with E-state index >= 15 is 0 Å². The van der Waals surface area contributed by atoms with Crippen LogP contribution in [0.4, 0.5) is 0 Å². The van der Waals surface area contributed by atoms with Gasteiger partial charge in [-0.3, -0.25) is 4.79 Å². The van der Waals surface area contributed by atoms with Crippen molar-refractivity contribution < 1.29 is 4.79 Å². The number of rotatable bonds is 2.